The number of halogens is 1. The van der Waals surface area contributed by atoms with Crippen molar-refractivity contribution in [2.24, 2.45) is 0 Å². The number of anilines is 1. The summed E-state index contributed by atoms with van der Waals surface area (Å²) in [6, 6.07) is 5.08. The summed E-state index contributed by atoms with van der Waals surface area (Å²) in [4.78, 5) is 41.3. The molecule has 1 atom stereocenters. The highest BCUT2D eigenvalue weighted by atomic mass is 35.5. The molecule has 10 nitrogen and oxygen atoms in total. The summed E-state index contributed by atoms with van der Waals surface area (Å²) in [7, 11) is 0. The summed E-state index contributed by atoms with van der Waals surface area (Å²) in [6.07, 6.45) is 6.00. The van der Waals surface area contributed by atoms with E-state index >= 15 is 0 Å². The van der Waals surface area contributed by atoms with Gasteiger partial charge in [-0.25, -0.2) is 19.6 Å². The van der Waals surface area contributed by atoms with Gasteiger partial charge in [0.05, 0.1) is 30.1 Å². The van der Waals surface area contributed by atoms with Crippen LogP contribution in [0.1, 0.15) is 63.9 Å². The number of carbonyl (C=O) groups excluding carboxylic acids is 2. The number of ether oxygens (including phenoxy) is 2. The van der Waals surface area contributed by atoms with Crippen molar-refractivity contribution in [2.45, 2.75) is 77.2 Å². The fourth-order valence-electron chi connectivity index (χ4n) is 4.79. The van der Waals surface area contributed by atoms with Crippen LogP contribution in [0.2, 0.25) is 5.02 Å². The van der Waals surface area contributed by atoms with Crippen molar-refractivity contribution in [3.63, 3.8) is 0 Å². The first-order chi connectivity index (χ1) is 18.5. The average Bonchev–Trinajstić information content (AvgIpc) is 2.89. The van der Waals surface area contributed by atoms with Crippen molar-refractivity contribution in [3.05, 3.63) is 52.7 Å². The molecule has 1 aliphatic carbocycles. The number of aromatic nitrogens is 2. The molecule has 2 aliphatic rings. The second-order valence-corrected chi connectivity index (χ2v) is 11.4. The molecule has 0 unspecified atom stereocenters. The molecule has 0 bridgehead atoms. The maximum Gasteiger partial charge on any atom is 0.410 e. The predicted molar refractivity (Wildman–Crippen MR) is 148 cm³/mol. The Balaban J connectivity index is 1.24. The summed E-state index contributed by atoms with van der Waals surface area (Å²) < 4.78 is 11.5. The fourth-order valence-corrected chi connectivity index (χ4v) is 5.00. The Kier molecular flexibility index (Phi) is 8.80. The van der Waals surface area contributed by atoms with E-state index in [4.69, 9.17) is 27.6 Å². The van der Waals surface area contributed by atoms with Gasteiger partial charge in [0.25, 0.3) is 5.91 Å². The van der Waals surface area contributed by atoms with Crippen LogP contribution < -0.4 is 15.0 Å². The smallest absolute Gasteiger partial charge is 0.410 e. The normalized spacial score (nSPS) is 21.6. The number of benzene rings is 1. The molecular weight excluding hydrogens is 520 g/mol. The Morgan fingerprint density at radius 2 is 1.87 bits per heavy atom. The van der Waals surface area contributed by atoms with Crippen molar-refractivity contribution in [1.29, 1.82) is 0 Å². The molecule has 11 heteroatoms. The number of nitrogens with one attached hydrogen (secondary N) is 1. The third-order valence-corrected chi connectivity index (χ3v) is 7.10. The van der Waals surface area contributed by atoms with Crippen molar-refractivity contribution in [3.8, 4) is 5.75 Å². The number of carbonyl (C=O) groups is 2. The van der Waals surface area contributed by atoms with Crippen LogP contribution in [0, 0.1) is 6.57 Å². The molecule has 2 amide bonds. The number of hydrogen-bond acceptors (Lipinski definition) is 7. The zero-order valence-corrected chi connectivity index (χ0v) is 23.6. The second-order valence-electron chi connectivity index (χ2n) is 11.0. The number of hydrogen-bond donors (Lipinski definition) is 1. The highest BCUT2D eigenvalue weighted by molar-refractivity contribution is 6.33. The van der Waals surface area contributed by atoms with Crippen LogP contribution in [0.25, 0.3) is 4.85 Å². The van der Waals surface area contributed by atoms with Crippen LogP contribution in [0.5, 0.6) is 5.75 Å². The zero-order valence-electron chi connectivity index (χ0n) is 22.8. The number of amides is 2. The summed E-state index contributed by atoms with van der Waals surface area (Å²) in [5, 5.41) is 3.45. The minimum atomic E-state index is -0.537. The minimum absolute atomic E-state index is 0.0326. The van der Waals surface area contributed by atoms with E-state index in [9.17, 15) is 9.59 Å². The zero-order chi connectivity index (χ0) is 28.2. The number of nitrogens with zero attached hydrogens (tertiary/aromatic N) is 5. The van der Waals surface area contributed by atoms with Crippen LogP contribution in [-0.4, -0.2) is 70.3 Å². The van der Waals surface area contributed by atoms with E-state index < -0.39 is 5.60 Å². The maximum atomic E-state index is 12.8. The Labute approximate surface area is 234 Å². The minimum Gasteiger partial charge on any atom is -0.490 e. The molecule has 2 fully saturated rings. The summed E-state index contributed by atoms with van der Waals surface area (Å²) in [5.41, 5.74) is 0.138. The molecule has 1 saturated carbocycles. The van der Waals surface area contributed by atoms with Gasteiger partial charge in [-0.05, 0) is 65.5 Å². The summed E-state index contributed by atoms with van der Waals surface area (Å²) in [6.45, 7) is 16.4. The highest BCUT2D eigenvalue weighted by Crippen LogP contribution is 2.31. The largest absolute Gasteiger partial charge is 0.490 e. The highest BCUT2D eigenvalue weighted by Gasteiger charge is 2.31. The van der Waals surface area contributed by atoms with Gasteiger partial charge in [0.15, 0.2) is 0 Å². The lowest BCUT2D eigenvalue weighted by Crippen LogP contribution is -2.55. The maximum absolute atomic E-state index is 12.8. The van der Waals surface area contributed by atoms with Gasteiger partial charge in [-0.2, -0.15) is 0 Å². The van der Waals surface area contributed by atoms with Crippen LogP contribution >= 0.6 is 11.6 Å². The van der Waals surface area contributed by atoms with Gasteiger partial charge in [-0.15, -0.1) is 0 Å². The van der Waals surface area contributed by atoms with Gasteiger partial charge < -0.3 is 24.6 Å². The van der Waals surface area contributed by atoms with Crippen LogP contribution in [0.15, 0.2) is 30.6 Å². The third-order valence-electron chi connectivity index (χ3n) is 6.80. The molecule has 1 saturated heterocycles. The van der Waals surface area contributed by atoms with E-state index in [-0.39, 0.29) is 35.9 Å². The average molecular weight is 555 g/mol. The quantitative estimate of drug-likeness (QED) is 0.504. The molecule has 39 heavy (non-hydrogen) atoms. The number of rotatable bonds is 5. The van der Waals surface area contributed by atoms with Gasteiger partial charge in [-0.1, -0.05) is 17.7 Å². The van der Waals surface area contributed by atoms with E-state index in [2.05, 4.69) is 25.0 Å². The lowest BCUT2D eigenvalue weighted by atomic mass is 9.93. The lowest BCUT2D eigenvalue weighted by molar-refractivity contribution is 0.0158. The molecule has 1 aromatic heterocycles. The van der Waals surface area contributed by atoms with E-state index in [1.54, 1.807) is 29.3 Å². The van der Waals surface area contributed by atoms with Crippen molar-refractivity contribution in [1.82, 2.24) is 20.2 Å². The van der Waals surface area contributed by atoms with Gasteiger partial charge in [0.1, 0.15) is 22.9 Å². The van der Waals surface area contributed by atoms with Crippen molar-refractivity contribution < 1.29 is 19.1 Å². The first-order valence-electron chi connectivity index (χ1n) is 13.2. The Bertz CT molecular complexity index is 1220. The van der Waals surface area contributed by atoms with Gasteiger partial charge in [0, 0.05) is 31.7 Å². The van der Waals surface area contributed by atoms with E-state index in [1.165, 1.54) is 6.20 Å². The van der Waals surface area contributed by atoms with Gasteiger partial charge in [0.2, 0.25) is 5.69 Å². The van der Waals surface area contributed by atoms with Crippen molar-refractivity contribution >= 4 is 35.1 Å². The standard InChI is InChI=1S/C28H35ClN6O4/c1-18-17-34(12-13-35(18)27(37)39-28(2,3)4)25-16-31-24(15-32-25)26(36)33-19-6-8-20(9-7-19)38-21-10-11-23(30-5)22(29)14-21/h10-11,14-16,18-20H,6-9,12-13,17H2,1-4H3,(H,33,36)/t18-,19?,20?/m1/s1. The SMILES string of the molecule is [C-]#[N+]c1ccc(OC2CCC(NC(=O)c3cnc(N4CCN(C(=O)OC(C)(C)C)[C@H](C)C4)cn3)CC2)cc1Cl. The molecule has 0 radical (unpaired) electrons. The van der Waals surface area contributed by atoms with Gasteiger partial charge in [-0.3, -0.25) is 4.79 Å². The summed E-state index contributed by atoms with van der Waals surface area (Å²) >= 11 is 6.11. The Morgan fingerprint density at radius 3 is 2.46 bits per heavy atom. The topological polar surface area (TPSA) is 101 Å². The van der Waals surface area contributed by atoms with Crippen molar-refractivity contribution in [2.75, 3.05) is 24.5 Å². The Hall–Kier alpha value is -3.58. The molecule has 1 aliphatic heterocycles. The lowest BCUT2D eigenvalue weighted by Gasteiger charge is -2.40. The van der Waals surface area contributed by atoms with E-state index in [1.807, 2.05) is 27.7 Å². The third kappa shape index (κ3) is 7.51. The van der Waals surface area contributed by atoms with Crippen LogP contribution in [-0.2, 0) is 4.74 Å². The van der Waals surface area contributed by atoms with Crippen LogP contribution in [0.4, 0.5) is 16.3 Å². The fraction of sp³-hybridized carbons (Fsp3) is 0.536. The van der Waals surface area contributed by atoms with E-state index in [0.29, 0.717) is 41.9 Å². The van der Waals surface area contributed by atoms with Gasteiger partial charge >= 0.3 is 6.09 Å². The predicted octanol–water partition coefficient (Wildman–Crippen LogP) is 5.25. The monoisotopic (exact) mass is 554 g/mol. The molecular formula is C28H35ClN6O4. The van der Waals surface area contributed by atoms with Crippen LogP contribution in [0.3, 0.4) is 0 Å². The molecule has 4 rings (SSSR count). The number of piperazine rings is 1. The molecule has 208 valence electrons. The Morgan fingerprint density at radius 1 is 1.13 bits per heavy atom. The molecule has 2 heterocycles. The molecule has 0 spiro atoms. The molecule has 1 aromatic carbocycles. The first-order valence-corrected chi connectivity index (χ1v) is 13.6. The summed E-state index contributed by atoms with van der Waals surface area (Å²) in [5.74, 6) is 1.07. The van der Waals surface area contributed by atoms with E-state index in [0.717, 1.165) is 25.7 Å². The second kappa shape index (κ2) is 12.1. The molecule has 1 N–H and O–H groups in total. The first kappa shape index (κ1) is 28.4. The molecule has 2 aromatic rings.